The first-order chi connectivity index (χ1) is 8.15. The van der Waals surface area contributed by atoms with E-state index >= 15 is 0 Å². The molecule has 2 rings (SSSR count). The normalized spacial score (nSPS) is 19.7. The van der Waals surface area contributed by atoms with Crippen molar-refractivity contribution >= 4 is 21.6 Å². The van der Waals surface area contributed by atoms with Gasteiger partial charge >= 0.3 is 0 Å². The van der Waals surface area contributed by atoms with Crippen LogP contribution in [-0.2, 0) is 0 Å². The van der Waals surface area contributed by atoms with E-state index < -0.39 is 0 Å². The maximum absolute atomic E-state index is 9.28. The minimum absolute atomic E-state index is 0.566. The first-order valence-electron chi connectivity index (χ1n) is 6.10. The Hall–Kier alpha value is -1.01. The number of nitrogens with zero attached hydrogens (tertiary/aromatic N) is 2. The van der Waals surface area contributed by atoms with E-state index in [1.807, 2.05) is 12.1 Å². The summed E-state index contributed by atoms with van der Waals surface area (Å²) < 4.78 is 0.895. The molecule has 0 N–H and O–H groups in total. The van der Waals surface area contributed by atoms with Crippen LogP contribution < -0.4 is 4.90 Å². The molecule has 90 valence electrons. The van der Waals surface area contributed by atoms with Gasteiger partial charge < -0.3 is 4.90 Å². The van der Waals surface area contributed by atoms with E-state index in [1.54, 1.807) is 0 Å². The molecule has 0 radical (unpaired) electrons. The van der Waals surface area contributed by atoms with E-state index in [2.05, 4.69) is 46.8 Å². The molecule has 0 amide bonds. The van der Waals surface area contributed by atoms with Crippen LogP contribution in [0.25, 0.3) is 0 Å². The molecule has 17 heavy (non-hydrogen) atoms. The highest BCUT2D eigenvalue weighted by atomic mass is 79.9. The molecular formula is C14H17BrN2. The fraction of sp³-hybridized carbons (Fsp3) is 0.500. The Labute approximate surface area is 111 Å². The van der Waals surface area contributed by atoms with Crippen LogP contribution in [0.4, 0.5) is 5.69 Å². The Balaban J connectivity index is 2.40. The lowest BCUT2D eigenvalue weighted by atomic mass is 10.0. The molecule has 0 aromatic heterocycles. The number of benzene rings is 1. The Morgan fingerprint density at radius 3 is 2.88 bits per heavy atom. The third kappa shape index (κ3) is 2.32. The van der Waals surface area contributed by atoms with Crippen LogP contribution in [-0.4, -0.2) is 12.6 Å². The second kappa shape index (κ2) is 5.10. The molecule has 1 saturated heterocycles. The molecule has 1 aromatic carbocycles. The van der Waals surface area contributed by atoms with E-state index in [0.29, 0.717) is 12.0 Å². The van der Waals surface area contributed by atoms with Crippen LogP contribution in [0, 0.1) is 17.2 Å². The fourth-order valence-electron chi connectivity index (χ4n) is 2.65. The summed E-state index contributed by atoms with van der Waals surface area (Å²) in [6.07, 6.45) is 2.45. The van der Waals surface area contributed by atoms with E-state index in [-0.39, 0.29) is 0 Å². The smallest absolute Gasteiger partial charge is 0.103 e. The molecule has 1 aliphatic heterocycles. The summed E-state index contributed by atoms with van der Waals surface area (Å²) in [7, 11) is 0. The zero-order valence-electron chi connectivity index (χ0n) is 10.3. The summed E-state index contributed by atoms with van der Waals surface area (Å²) in [6.45, 7) is 5.58. The molecule has 1 fully saturated rings. The van der Waals surface area contributed by atoms with E-state index in [9.17, 15) is 5.26 Å². The van der Waals surface area contributed by atoms with Gasteiger partial charge in [0.15, 0.2) is 0 Å². The molecular weight excluding hydrogens is 276 g/mol. The van der Waals surface area contributed by atoms with Gasteiger partial charge in [0.2, 0.25) is 0 Å². The predicted molar refractivity (Wildman–Crippen MR) is 74.1 cm³/mol. The van der Waals surface area contributed by atoms with Crippen LogP contribution in [0.3, 0.4) is 0 Å². The zero-order valence-corrected chi connectivity index (χ0v) is 11.9. The van der Waals surface area contributed by atoms with Crippen molar-refractivity contribution in [2.45, 2.75) is 32.7 Å². The largest absolute Gasteiger partial charge is 0.367 e. The van der Waals surface area contributed by atoms with Crippen LogP contribution in [0.2, 0.25) is 0 Å². The summed E-state index contributed by atoms with van der Waals surface area (Å²) in [5.41, 5.74) is 1.85. The van der Waals surface area contributed by atoms with Crippen LogP contribution >= 0.6 is 15.9 Å². The van der Waals surface area contributed by atoms with Gasteiger partial charge in [0.1, 0.15) is 6.07 Å². The quantitative estimate of drug-likeness (QED) is 0.825. The van der Waals surface area contributed by atoms with E-state index in [1.165, 1.54) is 12.8 Å². The van der Waals surface area contributed by atoms with Crippen LogP contribution in [0.1, 0.15) is 32.3 Å². The molecule has 1 unspecified atom stereocenters. The molecule has 0 aliphatic carbocycles. The lowest BCUT2D eigenvalue weighted by Crippen LogP contribution is -2.33. The molecule has 0 bridgehead atoms. The van der Waals surface area contributed by atoms with Gasteiger partial charge in [0.25, 0.3) is 0 Å². The number of rotatable bonds is 2. The van der Waals surface area contributed by atoms with Gasteiger partial charge in [-0.3, -0.25) is 0 Å². The molecule has 3 heteroatoms. The highest BCUT2D eigenvalue weighted by molar-refractivity contribution is 9.10. The summed E-state index contributed by atoms with van der Waals surface area (Å²) in [6, 6.07) is 8.88. The highest BCUT2D eigenvalue weighted by Crippen LogP contribution is 2.34. The minimum Gasteiger partial charge on any atom is -0.367 e. The average Bonchev–Trinajstić information content (AvgIpc) is 2.77. The number of nitriles is 1. The van der Waals surface area contributed by atoms with Gasteiger partial charge in [-0.05, 0) is 46.8 Å². The second-order valence-corrected chi connectivity index (χ2v) is 5.75. The van der Waals surface area contributed by atoms with Crippen molar-refractivity contribution in [1.82, 2.24) is 0 Å². The summed E-state index contributed by atoms with van der Waals surface area (Å²) in [5.74, 6) is 0.628. The van der Waals surface area contributed by atoms with E-state index in [0.717, 1.165) is 22.3 Å². The highest BCUT2D eigenvalue weighted by Gasteiger charge is 2.28. The molecule has 0 saturated carbocycles. The van der Waals surface area contributed by atoms with Crippen LogP contribution in [0.5, 0.6) is 0 Å². The lowest BCUT2D eigenvalue weighted by molar-refractivity contribution is 0.492. The number of anilines is 1. The molecule has 1 heterocycles. The Bertz CT molecular complexity index is 448. The van der Waals surface area contributed by atoms with Gasteiger partial charge in [-0.1, -0.05) is 19.9 Å². The van der Waals surface area contributed by atoms with Crippen LogP contribution in [0.15, 0.2) is 22.7 Å². The molecule has 1 aromatic rings. The standard InChI is InChI=1S/C14H17BrN2/c1-10(2)13-7-4-8-17(13)14-6-3-5-12(15)11(14)9-16/h3,5-6,10,13H,4,7-8H2,1-2H3. The topological polar surface area (TPSA) is 27.0 Å². The van der Waals surface area contributed by atoms with Crippen molar-refractivity contribution in [2.24, 2.45) is 5.92 Å². The first kappa shape index (κ1) is 12.4. The van der Waals surface area contributed by atoms with Gasteiger partial charge in [0, 0.05) is 17.1 Å². The summed E-state index contributed by atoms with van der Waals surface area (Å²) in [4.78, 5) is 2.40. The minimum atomic E-state index is 0.566. The SMILES string of the molecule is CC(C)C1CCCN1c1cccc(Br)c1C#N. The zero-order chi connectivity index (χ0) is 12.4. The summed E-state index contributed by atoms with van der Waals surface area (Å²) in [5, 5.41) is 9.28. The van der Waals surface area contributed by atoms with Crippen molar-refractivity contribution in [3.63, 3.8) is 0 Å². The third-order valence-electron chi connectivity index (χ3n) is 3.48. The monoisotopic (exact) mass is 292 g/mol. The maximum Gasteiger partial charge on any atom is 0.103 e. The number of hydrogen-bond donors (Lipinski definition) is 0. The van der Waals surface area contributed by atoms with Crippen molar-refractivity contribution in [3.05, 3.63) is 28.2 Å². The van der Waals surface area contributed by atoms with Gasteiger partial charge in [-0.25, -0.2) is 0 Å². The van der Waals surface area contributed by atoms with Crippen molar-refractivity contribution in [3.8, 4) is 6.07 Å². The molecule has 2 nitrogen and oxygen atoms in total. The number of hydrogen-bond acceptors (Lipinski definition) is 2. The summed E-state index contributed by atoms with van der Waals surface area (Å²) >= 11 is 3.46. The Morgan fingerprint density at radius 1 is 1.47 bits per heavy atom. The maximum atomic E-state index is 9.28. The second-order valence-electron chi connectivity index (χ2n) is 4.89. The first-order valence-corrected chi connectivity index (χ1v) is 6.89. The van der Waals surface area contributed by atoms with E-state index in [4.69, 9.17) is 0 Å². The lowest BCUT2D eigenvalue weighted by Gasteiger charge is -2.30. The van der Waals surface area contributed by atoms with Gasteiger partial charge in [-0.15, -0.1) is 0 Å². The third-order valence-corrected chi connectivity index (χ3v) is 4.14. The average molecular weight is 293 g/mol. The van der Waals surface area contributed by atoms with Crippen molar-refractivity contribution < 1.29 is 0 Å². The van der Waals surface area contributed by atoms with Gasteiger partial charge in [0.05, 0.1) is 11.3 Å². The predicted octanol–water partition coefficient (Wildman–Crippen LogP) is 3.95. The molecule has 0 spiro atoms. The Morgan fingerprint density at radius 2 is 2.24 bits per heavy atom. The fourth-order valence-corrected chi connectivity index (χ4v) is 3.09. The molecule has 1 atom stereocenters. The van der Waals surface area contributed by atoms with Crippen molar-refractivity contribution in [1.29, 1.82) is 5.26 Å². The van der Waals surface area contributed by atoms with Gasteiger partial charge in [-0.2, -0.15) is 5.26 Å². The molecule has 1 aliphatic rings. The van der Waals surface area contributed by atoms with Crippen molar-refractivity contribution in [2.75, 3.05) is 11.4 Å². The number of halogens is 1. The Kier molecular flexibility index (Phi) is 3.73.